The fourth-order valence-corrected chi connectivity index (χ4v) is 2.92. The molecule has 4 heterocycles. The third kappa shape index (κ3) is 3.58. The zero-order valence-electron chi connectivity index (χ0n) is 14.2. The molecule has 134 valence electrons. The number of hydrogen-bond acceptors (Lipinski definition) is 7. The van der Waals surface area contributed by atoms with E-state index in [0.29, 0.717) is 17.1 Å². The van der Waals surface area contributed by atoms with Gasteiger partial charge in [-0.1, -0.05) is 5.16 Å². The lowest BCUT2D eigenvalue weighted by molar-refractivity contribution is 0.0904. The number of anilines is 1. The molecule has 1 aliphatic rings. The summed E-state index contributed by atoms with van der Waals surface area (Å²) >= 11 is 0. The van der Waals surface area contributed by atoms with Crippen molar-refractivity contribution in [2.45, 2.75) is 25.8 Å². The number of nitrogens with one attached hydrogen (secondary N) is 1. The third-order valence-corrected chi connectivity index (χ3v) is 4.31. The van der Waals surface area contributed by atoms with Crippen LogP contribution in [0.4, 0.5) is 5.82 Å². The van der Waals surface area contributed by atoms with Gasteiger partial charge in [0, 0.05) is 24.8 Å². The summed E-state index contributed by atoms with van der Waals surface area (Å²) in [5, 5.41) is 6.54. The molecule has 0 atom stereocenters. The summed E-state index contributed by atoms with van der Waals surface area (Å²) < 4.78 is 10.2. The van der Waals surface area contributed by atoms with Gasteiger partial charge in [-0.25, -0.2) is 4.98 Å². The monoisotopic (exact) mass is 353 g/mol. The maximum Gasteiger partial charge on any atom is 0.316 e. The van der Waals surface area contributed by atoms with E-state index in [1.807, 2.05) is 12.1 Å². The fraction of sp³-hybridized carbons (Fsp3) is 0.333. The van der Waals surface area contributed by atoms with Gasteiger partial charge in [0.25, 0.3) is 0 Å². The van der Waals surface area contributed by atoms with E-state index in [1.54, 1.807) is 24.6 Å². The molecule has 1 saturated heterocycles. The SMILES string of the molecule is O=C(NCc1ccco1)c1nc(-c2ccc(N3CCCCC3)nc2)no1. The lowest BCUT2D eigenvalue weighted by Gasteiger charge is -2.27. The molecule has 1 fully saturated rings. The summed E-state index contributed by atoms with van der Waals surface area (Å²) in [6.07, 6.45) is 6.93. The topological polar surface area (TPSA) is 97.3 Å². The van der Waals surface area contributed by atoms with E-state index >= 15 is 0 Å². The van der Waals surface area contributed by atoms with Gasteiger partial charge in [0.15, 0.2) is 0 Å². The van der Waals surface area contributed by atoms with Crippen molar-refractivity contribution in [3.05, 3.63) is 48.4 Å². The maximum atomic E-state index is 12.1. The molecule has 0 saturated carbocycles. The molecular weight excluding hydrogens is 334 g/mol. The highest BCUT2D eigenvalue weighted by Crippen LogP contribution is 2.21. The molecule has 0 radical (unpaired) electrons. The predicted molar refractivity (Wildman–Crippen MR) is 93.5 cm³/mol. The standard InChI is InChI=1S/C18H19N5O3/c24-17(20-12-14-5-4-10-25-14)18-21-16(22-26-18)13-6-7-15(19-11-13)23-8-2-1-3-9-23/h4-7,10-11H,1-3,8-9,12H2,(H,20,24). The Morgan fingerprint density at radius 1 is 1.19 bits per heavy atom. The zero-order valence-corrected chi connectivity index (χ0v) is 14.2. The van der Waals surface area contributed by atoms with Crippen molar-refractivity contribution in [1.82, 2.24) is 20.4 Å². The van der Waals surface area contributed by atoms with Crippen molar-refractivity contribution >= 4 is 11.7 Å². The molecule has 8 heteroatoms. The molecule has 1 amide bonds. The quantitative estimate of drug-likeness (QED) is 0.753. The van der Waals surface area contributed by atoms with Crippen LogP contribution in [0.25, 0.3) is 11.4 Å². The molecule has 1 N–H and O–H groups in total. The first-order valence-corrected chi connectivity index (χ1v) is 8.65. The van der Waals surface area contributed by atoms with E-state index in [-0.39, 0.29) is 12.4 Å². The van der Waals surface area contributed by atoms with Crippen LogP contribution in [0, 0.1) is 0 Å². The van der Waals surface area contributed by atoms with E-state index < -0.39 is 5.91 Å². The first-order valence-electron chi connectivity index (χ1n) is 8.65. The fourth-order valence-electron chi connectivity index (χ4n) is 2.92. The Balaban J connectivity index is 1.41. The van der Waals surface area contributed by atoms with Crippen molar-refractivity contribution in [2.24, 2.45) is 0 Å². The molecule has 0 spiro atoms. The van der Waals surface area contributed by atoms with Gasteiger partial charge in [-0.05, 0) is 43.5 Å². The van der Waals surface area contributed by atoms with Crippen molar-refractivity contribution in [3.8, 4) is 11.4 Å². The summed E-state index contributed by atoms with van der Waals surface area (Å²) in [5.74, 6) is 1.40. The van der Waals surface area contributed by atoms with Crippen LogP contribution in [0.2, 0.25) is 0 Å². The van der Waals surface area contributed by atoms with E-state index in [9.17, 15) is 4.79 Å². The van der Waals surface area contributed by atoms with Crippen LogP contribution in [-0.2, 0) is 6.54 Å². The number of amides is 1. The largest absolute Gasteiger partial charge is 0.467 e. The number of nitrogens with zero attached hydrogens (tertiary/aromatic N) is 4. The highest BCUT2D eigenvalue weighted by Gasteiger charge is 2.17. The number of carbonyl (C=O) groups excluding carboxylic acids is 1. The van der Waals surface area contributed by atoms with Crippen molar-refractivity contribution in [2.75, 3.05) is 18.0 Å². The molecule has 1 aliphatic heterocycles. The summed E-state index contributed by atoms with van der Waals surface area (Å²) in [6.45, 7) is 2.33. The Morgan fingerprint density at radius 3 is 2.81 bits per heavy atom. The van der Waals surface area contributed by atoms with Gasteiger partial charge < -0.3 is 19.2 Å². The zero-order chi connectivity index (χ0) is 17.8. The van der Waals surface area contributed by atoms with Gasteiger partial charge in [0.1, 0.15) is 11.6 Å². The Hall–Kier alpha value is -3.16. The summed E-state index contributed by atoms with van der Waals surface area (Å²) in [4.78, 5) is 23.0. The molecule has 0 aliphatic carbocycles. The Bertz CT molecular complexity index is 851. The third-order valence-electron chi connectivity index (χ3n) is 4.31. The second kappa shape index (κ2) is 7.38. The Morgan fingerprint density at radius 2 is 2.08 bits per heavy atom. The average molecular weight is 353 g/mol. The Kier molecular flexibility index (Phi) is 4.63. The number of furan rings is 1. The van der Waals surface area contributed by atoms with E-state index in [1.165, 1.54) is 19.3 Å². The molecule has 26 heavy (non-hydrogen) atoms. The molecule has 3 aromatic heterocycles. The van der Waals surface area contributed by atoms with Crippen molar-refractivity contribution < 1.29 is 13.7 Å². The second-order valence-corrected chi connectivity index (χ2v) is 6.14. The minimum Gasteiger partial charge on any atom is -0.467 e. The van der Waals surface area contributed by atoms with Gasteiger partial charge in [-0.15, -0.1) is 0 Å². The Labute approximate surface area is 150 Å². The number of hydrogen-bond donors (Lipinski definition) is 1. The number of aromatic nitrogens is 3. The molecule has 0 bridgehead atoms. The van der Waals surface area contributed by atoms with Crippen LogP contribution in [-0.4, -0.2) is 34.1 Å². The predicted octanol–water partition coefficient (Wildman–Crippen LogP) is 2.64. The first kappa shape index (κ1) is 16.3. The van der Waals surface area contributed by atoms with Gasteiger partial charge in [0.05, 0.1) is 12.8 Å². The number of rotatable bonds is 5. The van der Waals surface area contributed by atoms with Gasteiger partial charge >= 0.3 is 11.8 Å². The van der Waals surface area contributed by atoms with Crippen LogP contribution < -0.4 is 10.2 Å². The van der Waals surface area contributed by atoms with E-state index in [0.717, 1.165) is 18.9 Å². The van der Waals surface area contributed by atoms with Gasteiger partial charge in [-0.2, -0.15) is 4.98 Å². The van der Waals surface area contributed by atoms with Crippen LogP contribution in [0.3, 0.4) is 0 Å². The summed E-state index contributed by atoms with van der Waals surface area (Å²) in [5.41, 5.74) is 0.708. The average Bonchev–Trinajstić information content (AvgIpc) is 3.39. The van der Waals surface area contributed by atoms with Gasteiger partial charge in [-0.3, -0.25) is 4.79 Å². The van der Waals surface area contributed by atoms with Gasteiger partial charge in [0.2, 0.25) is 5.82 Å². The van der Waals surface area contributed by atoms with E-state index in [2.05, 4.69) is 25.3 Å². The lowest BCUT2D eigenvalue weighted by Crippen LogP contribution is -2.29. The van der Waals surface area contributed by atoms with Crippen LogP contribution in [0.1, 0.15) is 35.7 Å². The number of pyridine rings is 1. The number of carbonyl (C=O) groups is 1. The molecule has 0 unspecified atom stereocenters. The molecular formula is C18H19N5O3. The van der Waals surface area contributed by atoms with E-state index in [4.69, 9.17) is 8.94 Å². The summed E-state index contributed by atoms with van der Waals surface area (Å²) in [7, 11) is 0. The van der Waals surface area contributed by atoms with Crippen LogP contribution >= 0.6 is 0 Å². The lowest BCUT2D eigenvalue weighted by atomic mass is 10.1. The first-order chi connectivity index (χ1) is 12.8. The molecule has 4 rings (SSSR count). The summed E-state index contributed by atoms with van der Waals surface area (Å²) in [6, 6.07) is 7.38. The van der Waals surface area contributed by atoms with Crippen LogP contribution in [0.5, 0.6) is 0 Å². The molecule has 8 nitrogen and oxygen atoms in total. The maximum absolute atomic E-state index is 12.1. The highest BCUT2D eigenvalue weighted by atomic mass is 16.5. The molecule has 0 aromatic carbocycles. The molecule has 3 aromatic rings. The second-order valence-electron chi connectivity index (χ2n) is 6.14. The minimum atomic E-state index is -0.446. The minimum absolute atomic E-state index is 0.0911. The van der Waals surface area contributed by atoms with Crippen molar-refractivity contribution in [1.29, 1.82) is 0 Å². The normalized spacial score (nSPS) is 14.4. The van der Waals surface area contributed by atoms with Crippen LogP contribution in [0.15, 0.2) is 45.7 Å². The highest BCUT2D eigenvalue weighted by molar-refractivity contribution is 5.89. The van der Waals surface area contributed by atoms with Crippen molar-refractivity contribution in [3.63, 3.8) is 0 Å². The number of piperidine rings is 1. The smallest absolute Gasteiger partial charge is 0.316 e.